The minimum absolute atomic E-state index is 0. The highest BCUT2D eigenvalue weighted by Crippen LogP contribution is 2.08. The molecule has 0 bridgehead atoms. The first-order chi connectivity index (χ1) is 12.1. The van der Waals surface area contributed by atoms with Crippen molar-refractivity contribution >= 4 is 35.8 Å². The molecule has 0 unspecified atom stereocenters. The normalized spacial score (nSPS) is 10.8. The molecule has 0 atom stereocenters. The summed E-state index contributed by atoms with van der Waals surface area (Å²) in [5, 5.41) is 10.6. The number of halogens is 1. The van der Waals surface area contributed by atoms with Crippen LogP contribution in [0.1, 0.15) is 12.0 Å². The van der Waals surface area contributed by atoms with E-state index in [1.807, 2.05) is 16.9 Å². The molecule has 0 fully saturated rings. The molecule has 0 saturated heterocycles. The first-order valence-electron chi connectivity index (χ1n) is 8.34. The fraction of sp³-hybridized carbons (Fsp3) is 0.389. The van der Waals surface area contributed by atoms with Crippen LogP contribution in [0.15, 0.2) is 47.7 Å². The fourth-order valence-corrected chi connectivity index (χ4v) is 2.29. The number of benzene rings is 1. The van der Waals surface area contributed by atoms with E-state index in [1.165, 1.54) is 5.56 Å². The van der Waals surface area contributed by atoms with Gasteiger partial charge in [-0.1, -0.05) is 12.1 Å². The van der Waals surface area contributed by atoms with Gasteiger partial charge in [0, 0.05) is 53.0 Å². The molecule has 1 aromatic carbocycles. The van der Waals surface area contributed by atoms with E-state index < -0.39 is 0 Å². The maximum Gasteiger partial charge on any atom is 0.223 e. The molecule has 1 aromatic heterocycles. The van der Waals surface area contributed by atoms with Crippen LogP contribution in [0.3, 0.4) is 0 Å². The van der Waals surface area contributed by atoms with Gasteiger partial charge in [-0.2, -0.15) is 5.10 Å². The predicted octanol–water partition coefficient (Wildman–Crippen LogP) is 1.68. The van der Waals surface area contributed by atoms with Crippen LogP contribution in [-0.2, 0) is 11.2 Å². The average molecular weight is 470 g/mol. The lowest BCUT2D eigenvalue weighted by molar-refractivity contribution is -0.128. The van der Waals surface area contributed by atoms with E-state index in [-0.39, 0.29) is 29.9 Å². The molecule has 142 valence electrons. The highest BCUT2D eigenvalue weighted by Gasteiger charge is 2.04. The third kappa shape index (κ3) is 7.03. The number of guanidine groups is 1. The van der Waals surface area contributed by atoms with E-state index in [1.54, 1.807) is 32.2 Å². The molecule has 0 aliphatic heterocycles. The molecule has 2 rings (SSSR count). The van der Waals surface area contributed by atoms with Gasteiger partial charge in [0.1, 0.15) is 0 Å². The highest BCUT2D eigenvalue weighted by molar-refractivity contribution is 14.0. The molecule has 1 heterocycles. The van der Waals surface area contributed by atoms with Crippen LogP contribution in [-0.4, -0.2) is 60.8 Å². The second kappa shape index (κ2) is 11.5. The smallest absolute Gasteiger partial charge is 0.223 e. The van der Waals surface area contributed by atoms with Gasteiger partial charge >= 0.3 is 0 Å². The number of carbonyl (C=O) groups excluding carboxylic acids is 1. The third-order valence-electron chi connectivity index (χ3n) is 3.77. The van der Waals surface area contributed by atoms with Gasteiger partial charge < -0.3 is 15.5 Å². The summed E-state index contributed by atoms with van der Waals surface area (Å²) in [5.74, 6) is 0.806. The van der Waals surface area contributed by atoms with Gasteiger partial charge in [0.05, 0.1) is 5.69 Å². The monoisotopic (exact) mass is 470 g/mol. The third-order valence-corrected chi connectivity index (χ3v) is 3.77. The van der Waals surface area contributed by atoms with Gasteiger partial charge in [-0.15, -0.1) is 24.0 Å². The average Bonchev–Trinajstić information content (AvgIpc) is 3.15. The van der Waals surface area contributed by atoms with Crippen LogP contribution in [0.2, 0.25) is 0 Å². The van der Waals surface area contributed by atoms with E-state index in [9.17, 15) is 4.79 Å². The van der Waals surface area contributed by atoms with Crippen molar-refractivity contribution < 1.29 is 4.79 Å². The molecule has 1 amide bonds. The molecule has 8 heteroatoms. The van der Waals surface area contributed by atoms with Gasteiger partial charge in [-0.05, 0) is 30.2 Å². The molecule has 2 aromatic rings. The number of aliphatic imine (C=N–C) groups is 1. The molecular formula is C18H27IN6O. The first kappa shape index (κ1) is 21.9. The van der Waals surface area contributed by atoms with E-state index in [4.69, 9.17) is 0 Å². The van der Waals surface area contributed by atoms with E-state index in [0.717, 1.165) is 18.7 Å². The summed E-state index contributed by atoms with van der Waals surface area (Å²) < 4.78 is 1.84. The Hall–Kier alpha value is -2.10. The Kier molecular flexibility index (Phi) is 9.71. The summed E-state index contributed by atoms with van der Waals surface area (Å²) in [7, 11) is 5.24. The number of nitrogens with zero attached hydrogens (tertiary/aromatic N) is 4. The second-order valence-electron chi connectivity index (χ2n) is 5.83. The molecule has 0 saturated carbocycles. The Bertz CT molecular complexity index is 682. The minimum Gasteiger partial charge on any atom is -0.356 e. The van der Waals surface area contributed by atoms with Crippen molar-refractivity contribution in [3.8, 4) is 5.69 Å². The number of carbonyl (C=O) groups is 1. The molecule has 0 aliphatic rings. The van der Waals surface area contributed by atoms with Crippen molar-refractivity contribution in [2.24, 2.45) is 4.99 Å². The fourth-order valence-electron chi connectivity index (χ4n) is 2.29. The van der Waals surface area contributed by atoms with E-state index in [2.05, 4.69) is 45.0 Å². The van der Waals surface area contributed by atoms with Crippen LogP contribution in [0, 0.1) is 0 Å². The van der Waals surface area contributed by atoms with E-state index in [0.29, 0.717) is 18.9 Å². The van der Waals surface area contributed by atoms with Gasteiger partial charge in [0.2, 0.25) is 5.91 Å². The summed E-state index contributed by atoms with van der Waals surface area (Å²) in [4.78, 5) is 17.3. The largest absolute Gasteiger partial charge is 0.356 e. The SMILES string of the molecule is CN=C(NCCC(=O)N(C)C)NCCc1ccc(-n2cccn2)cc1.I. The summed E-state index contributed by atoms with van der Waals surface area (Å²) >= 11 is 0. The van der Waals surface area contributed by atoms with Crippen LogP contribution in [0.5, 0.6) is 0 Å². The lowest BCUT2D eigenvalue weighted by atomic mass is 10.1. The highest BCUT2D eigenvalue weighted by atomic mass is 127. The van der Waals surface area contributed by atoms with Crippen molar-refractivity contribution in [3.05, 3.63) is 48.3 Å². The zero-order valence-electron chi connectivity index (χ0n) is 15.5. The number of aromatic nitrogens is 2. The molecule has 26 heavy (non-hydrogen) atoms. The Balaban J connectivity index is 0.00000338. The van der Waals surface area contributed by atoms with Crippen LogP contribution in [0.4, 0.5) is 0 Å². The summed E-state index contributed by atoms with van der Waals surface area (Å²) in [6.45, 7) is 1.33. The van der Waals surface area contributed by atoms with Crippen molar-refractivity contribution in [2.75, 3.05) is 34.2 Å². The Labute approximate surface area is 171 Å². The molecular weight excluding hydrogens is 443 g/mol. The minimum atomic E-state index is 0. The maximum atomic E-state index is 11.5. The zero-order valence-corrected chi connectivity index (χ0v) is 17.8. The van der Waals surface area contributed by atoms with Gasteiger partial charge in [-0.25, -0.2) is 4.68 Å². The Morgan fingerprint density at radius 3 is 2.46 bits per heavy atom. The Morgan fingerprint density at radius 2 is 1.88 bits per heavy atom. The summed E-state index contributed by atoms with van der Waals surface area (Å²) in [6.07, 6.45) is 5.02. The lowest BCUT2D eigenvalue weighted by Gasteiger charge is -2.13. The van der Waals surface area contributed by atoms with Crippen LogP contribution >= 0.6 is 24.0 Å². The van der Waals surface area contributed by atoms with Gasteiger partial charge in [0.25, 0.3) is 0 Å². The maximum absolute atomic E-state index is 11.5. The topological polar surface area (TPSA) is 74.6 Å². The Morgan fingerprint density at radius 1 is 1.19 bits per heavy atom. The van der Waals surface area contributed by atoms with Crippen molar-refractivity contribution in [2.45, 2.75) is 12.8 Å². The van der Waals surface area contributed by atoms with Gasteiger partial charge in [0.15, 0.2) is 5.96 Å². The van der Waals surface area contributed by atoms with Crippen LogP contribution < -0.4 is 10.6 Å². The number of amides is 1. The summed E-state index contributed by atoms with van der Waals surface area (Å²) in [5.41, 5.74) is 2.28. The number of nitrogens with one attached hydrogen (secondary N) is 2. The number of rotatable bonds is 7. The van der Waals surface area contributed by atoms with E-state index >= 15 is 0 Å². The zero-order chi connectivity index (χ0) is 18.1. The predicted molar refractivity (Wildman–Crippen MR) is 115 cm³/mol. The van der Waals surface area contributed by atoms with Crippen molar-refractivity contribution in [3.63, 3.8) is 0 Å². The first-order valence-corrected chi connectivity index (χ1v) is 8.34. The quantitative estimate of drug-likeness (QED) is 0.367. The van der Waals surface area contributed by atoms with Crippen molar-refractivity contribution in [1.82, 2.24) is 25.3 Å². The standard InChI is InChI=1S/C18H26N6O.HI/c1-19-18(21-13-10-17(25)23(2)3)20-12-9-15-5-7-16(8-6-15)24-14-4-11-22-24;/h4-8,11,14H,9-10,12-13H2,1-3H3,(H2,19,20,21);1H. The molecule has 0 spiro atoms. The number of hydrogen-bond donors (Lipinski definition) is 2. The summed E-state index contributed by atoms with van der Waals surface area (Å²) in [6, 6.07) is 10.2. The lowest BCUT2D eigenvalue weighted by Crippen LogP contribution is -2.40. The molecule has 0 radical (unpaired) electrons. The van der Waals surface area contributed by atoms with Crippen molar-refractivity contribution in [1.29, 1.82) is 0 Å². The number of hydrogen-bond acceptors (Lipinski definition) is 3. The molecule has 2 N–H and O–H groups in total. The molecule has 0 aliphatic carbocycles. The second-order valence-corrected chi connectivity index (χ2v) is 5.83. The molecule has 7 nitrogen and oxygen atoms in total. The van der Waals surface area contributed by atoms with Crippen LogP contribution in [0.25, 0.3) is 5.69 Å². The van der Waals surface area contributed by atoms with Gasteiger partial charge in [-0.3, -0.25) is 9.79 Å².